The molecule has 9 heteroatoms. The van der Waals surface area contributed by atoms with Gasteiger partial charge in [0.15, 0.2) is 0 Å². The van der Waals surface area contributed by atoms with Gasteiger partial charge >= 0.3 is 13.4 Å². The predicted molar refractivity (Wildman–Crippen MR) is 72.0 cm³/mol. The van der Waals surface area contributed by atoms with Crippen LogP contribution in [0.3, 0.4) is 0 Å². The average Bonchev–Trinajstić information content (AvgIpc) is 2.38. The van der Waals surface area contributed by atoms with E-state index in [1.165, 1.54) is 19.4 Å². The molecule has 0 bridgehead atoms. The van der Waals surface area contributed by atoms with Crippen molar-refractivity contribution in [3.63, 3.8) is 0 Å². The summed E-state index contributed by atoms with van der Waals surface area (Å²) in [5, 5.41) is 10.7. The Kier molecular flexibility index (Phi) is 6.06. The zero-order valence-corrected chi connectivity index (χ0v) is 12.5. The topological polar surface area (TPSA) is 101 Å². The zero-order valence-electron chi connectivity index (χ0n) is 11.6. The number of hydrogen-bond acceptors (Lipinski definition) is 7. The fourth-order valence-corrected chi connectivity index (χ4v) is 3.26. The second-order valence-corrected chi connectivity index (χ2v) is 5.79. The fourth-order valence-electron chi connectivity index (χ4n) is 1.60. The Hall–Kier alpha value is -1.50. The van der Waals surface area contributed by atoms with Crippen molar-refractivity contribution in [3.8, 4) is 5.75 Å². The highest BCUT2D eigenvalue weighted by Gasteiger charge is 2.27. The highest BCUT2D eigenvalue weighted by molar-refractivity contribution is 7.53. The molecule has 1 heterocycles. The van der Waals surface area contributed by atoms with Crippen molar-refractivity contribution in [2.45, 2.75) is 20.0 Å². The van der Waals surface area contributed by atoms with Gasteiger partial charge in [0.25, 0.3) is 0 Å². The maximum Gasteiger partial charge on any atom is 0.406 e. The third-order valence-corrected chi connectivity index (χ3v) is 4.37. The molecule has 0 saturated carbocycles. The molecule has 1 aromatic rings. The van der Waals surface area contributed by atoms with Gasteiger partial charge in [0.05, 0.1) is 26.5 Å². The SMILES string of the molecule is CCOP(=O)(Cc1cnc([N+](=O)[O-])c(OC)c1)OCC. The number of aromatic nitrogens is 1. The number of nitrogens with zero attached hydrogens (tertiary/aromatic N) is 2. The maximum absolute atomic E-state index is 12.4. The first kappa shape index (κ1) is 16.6. The molecule has 0 saturated heterocycles. The Balaban J connectivity index is 3.02. The lowest BCUT2D eigenvalue weighted by molar-refractivity contribution is -0.390. The van der Waals surface area contributed by atoms with E-state index in [0.717, 1.165) is 0 Å². The molecule has 112 valence electrons. The average molecular weight is 304 g/mol. The first-order valence-corrected chi connectivity index (χ1v) is 7.74. The number of ether oxygens (including phenoxy) is 1. The molecule has 1 rings (SSSR count). The zero-order chi connectivity index (χ0) is 15.2. The van der Waals surface area contributed by atoms with Gasteiger partial charge in [0.1, 0.15) is 6.20 Å². The van der Waals surface area contributed by atoms with Gasteiger partial charge in [-0.3, -0.25) is 4.57 Å². The van der Waals surface area contributed by atoms with E-state index in [1.807, 2.05) is 0 Å². The first-order valence-electron chi connectivity index (χ1n) is 6.01. The summed E-state index contributed by atoms with van der Waals surface area (Å²) in [6, 6.07) is 1.41. The van der Waals surface area contributed by atoms with Gasteiger partial charge in [0, 0.05) is 5.56 Å². The standard InChI is InChI=1S/C11H17N2O6P/c1-4-18-20(16,19-5-2)8-9-6-10(17-3)11(12-7-9)13(14)15/h6-7H,4-5,8H2,1-3H3. The molecule has 0 unspecified atom stereocenters. The number of pyridine rings is 1. The lowest BCUT2D eigenvalue weighted by atomic mass is 10.3. The summed E-state index contributed by atoms with van der Waals surface area (Å²) in [6.45, 7) is 3.91. The Bertz CT molecular complexity index is 512. The van der Waals surface area contributed by atoms with Gasteiger partial charge in [-0.15, -0.1) is 0 Å². The quantitative estimate of drug-likeness (QED) is 0.413. The van der Waals surface area contributed by atoms with E-state index in [0.29, 0.717) is 5.56 Å². The molecule has 0 fully saturated rings. The molecular weight excluding hydrogens is 287 g/mol. The van der Waals surface area contributed by atoms with E-state index in [4.69, 9.17) is 13.8 Å². The second-order valence-electron chi connectivity index (χ2n) is 3.73. The molecule has 0 aliphatic rings. The summed E-state index contributed by atoms with van der Waals surface area (Å²) >= 11 is 0. The normalized spacial score (nSPS) is 11.3. The van der Waals surface area contributed by atoms with Crippen LogP contribution in [0.5, 0.6) is 5.75 Å². The van der Waals surface area contributed by atoms with E-state index in [1.54, 1.807) is 13.8 Å². The summed E-state index contributed by atoms with van der Waals surface area (Å²) in [5.41, 5.74) is 0.484. The van der Waals surface area contributed by atoms with Crippen molar-refractivity contribution in [1.29, 1.82) is 0 Å². The minimum Gasteiger partial charge on any atom is -0.489 e. The van der Waals surface area contributed by atoms with Gasteiger partial charge in [-0.25, -0.2) is 0 Å². The Morgan fingerprint density at radius 1 is 1.35 bits per heavy atom. The van der Waals surface area contributed by atoms with Crippen LogP contribution in [-0.2, 0) is 19.8 Å². The van der Waals surface area contributed by atoms with Gasteiger partial charge in [0.2, 0.25) is 5.75 Å². The third-order valence-electron chi connectivity index (χ3n) is 2.31. The molecule has 0 atom stereocenters. The molecule has 1 aromatic heterocycles. The smallest absolute Gasteiger partial charge is 0.406 e. The van der Waals surface area contributed by atoms with Crippen LogP contribution < -0.4 is 4.74 Å². The molecule has 8 nitrogen and oxygen atoms in total. The lowest BCUT2D eigenvalue weighted by Gasteiger charge is -2.16. The summed E-state index contributed by atoms with van der Waals surface area (Å²) in [6.07, 6.45) is 1.25. The van der Waals surface area contributed by atoms with Gasteiger partial charge in [-0.05, 0) is 29.8 Å². The molecule has 0 N–H and O–H groups in total. The summed E-state index contributed by atoms with van der Waals surface area (Å²) < 4.78 is 27.6. The van der Waals surface area contributed by atoms with Crippen molar-refractivity contribution in [1.82, 2.24) is 4.98 Å². The summed E-state index contributed by atoms with van der Waals surface area (Å²) in [7, 11) is -1.97. The highest BCUT2D eigenvalue weighted by atomic mass is 31.2. The van der Waals surface area contributed by atoms with E-state index < -0.39 is 12.5 Å². The molecule has 0 radical (unpaired) electrons. The van der Waals surface area contributed by atoms with Crippen LogP contribution >= 0.6 is 7.60 Å². The second kappa shape index (κ2) is 7.33. The van der Waals surface area contributed by atoms with Crippen molar-refractivity contribution in [2.24, 2.45) is 0 Å². The van der Waals surface area contributed by atoms with Crippen molar-refractivity contribution in [3.05, 3.63) is 27.9 Å². The van der Waals surface area contributed by atoms with E-state index >= 15 is 0 Å². The summed E-state index contributed by atoms with van der Waals surface area (Å²) in [4.78, 5) is 13.8. The fraction of sp³-hybridized carbons (Fsp3) is 0.545. The van der Waals surface area contributed by atoms with E-state index in [9.17, 15) is 14.7 Å². The molecule has 0 aliphatic carbocycles. The Morgan fingerprint density at radius 2 is 1.95 bits per heavy atom. The molecule has 0 aromatic carbocycles. The Labute approximate surface area is 116 Å². The number of methoxy groups -OCH3 is 1. The van der Waals surface area contributed by atoms with Crippen LogP contribution in [0.4, 0.5) is 5.82 Å². The number of nitro groups is 1. The van der Waals surface area contributed by atoms with Crippen molar-refractivity contribution >= 4 is 13.4 Å². The predicted octanol–water partition coefficient (Wildman–Crippen LogP) is 2.76. The van der Waals surface area contributed by atoms with Crippen LogP contribution in [0.15, 0.2) is 12.3 Å². The summed E-state index contributed by atoms with van der Waals surface area (Å²) in [5.74, 6) is -0.383. The van der Waals surface area contributed by atoms with E-state index in [-0.39, 0.29) is 30.9 Å². The number of rotatable bonds is 8. The monoisotopic (exact) mass is 304 g/mol. The first-order chi connectivity index (χ1) is 9.45. The van der Waals surface area contributed by atoms with Crippen LogP contribution in [0.2, 0.25) is 0 Å². The van der Waals surface area contributed by atoms with Crippen LogP contribution in [0.25, 0.3) is 0 Å². The molecule has 0 aliphatic heterocycles. The molecule has 0 amide bonds. The van der Waals surface area contributed by atoms with Gasteiger partial charge < -0.3 is 23.9 Å². The van der Waals surface area contributed by atoms with Crippen molar-refractivity contribution in [2.75, 3.05) is 20.3 Å². The van der Waals surface area contributed by atoms with E-state index in [2.05, 4.69) is 4.98 Å². The number of hydrogen-bond donors (Lipinski definition) is 0. The minimum atomic E-state index is -3.28. The Morgan fingerprint density at radius 3 is 2.40 bits per heavy atom. The van der Waals surface area contributed by atoms with Crippen LogP contribution in [0.1, 0.15) is 19.4 Å². The minimum absolute atomic E-state index is 0.00652. The van der Waals surface area contributed by atoms with Gasteiger partial charge in [-0.1, -0.05) is 0 Å². The molecule has 0 spiro atoms. The largest absolute Gasteiger partial charge is 0.489 e. The van der Waals surface area contributed by atoms with Crippen LogP contribution in [0, 0.1) is 10.1 Å². The molecule has 20 heavy (non-hydrogen) atoms. The van der Waals surface area contributed by atoms with Crippen molar-refractivity contribution < 1.29 is 23.3 Å². The third kappa shape index (κ3) is 4.26. The van der Waals surface area contributed by atoms with Gasteiger partial charge in [-0.2, -0.15) is 0 Å². The van der Waals surface area contributed by atoms with Crippen LogP contribution in [-0.4, -0.2) is 30.2 Å². The molecular formula is C11H17N2O6P. The lowest BCUT2D eigenvalue weighted by Crippen LogP contribution is -2.02. The maximum atomic E-state index is 12.4. The highest BCUT2D eigenvalue weighted by Crippen LogP contribution is 2.51.